The number of benzene rings is 6. The summed E-state index contributed by atoms with van der Waals surface area (Å²) >= 11 is 1.15. The lowest BCUT2D eigenvalue weighted by Gasteiger charge is -2.10. The number of rotatable bonds is 15. The molecule has 6 rings (SSSR count). The summed E-state index contributed by atoms with van der Waals surface area (Å²) in [6.07, 6.45) is 0. The predicted molar refractivity (Wildman–Crippen MR) is 222 cm³/mol. The number of hydrogen-bond acceptors (Lipinski definition) is 18. The van der Waals surface area contributed by atoms with E-state index < -0.39 is 20.9 Å². The molecular weight excluding hydrogens is 839 g/mol. The molecule has 0 fully saturated rings. The van der Waals surface area contributed by atoms with Crippen LogP contribution in [0.5, 0.6) is 5.75 Å². The Hall–Kier alpha value is -5.98. The fourth-order valence-electron chi connectivity index (χ4n) is 5.63. The third kappa shape index (κ3) is 10.8. The van der Waals surface area contributed by atoms with Crippen LogP contribution in [-0.2, 0) is 28.9 Å². The molecule has 308 valence electrons. The van der Waals surface area contributed by atoms with E-state index in [4.69, 9.17) is 10.5 Å². The van der Waals surface area contributed by atoms with Gasteiger partial charge in [-0.3, -0.25) is 9.35 Å². The molecule has 5 N–H and O–H groups in total. The lowest BCUT2D eigenvalue weighted by molar-refractivity contribution is -0.432. The molecule has 0 radical (unpaired) electrons. The van der Waals surface area contributed by atoms with E-state index in [2.05, 4.69) is 54.7 Å². The Bertz CT molecular complexity index is 2790. The summed E-state index contributed by atoms with van der Waals surface area (Å²) in [4.78, 5) is 12.9. The number of azo groups is 3. The molecule has 60 heavy (non-hydrogen) atoms. The number of anilines is 1. The summed E-state index contributed by atoms with van der Waals surface area (Å²) in [5.41, 5.74) is 6.15. The van der Waals surface area contributed by atoms with Crippen molar-refractivity contribution >= 4 is 90.7 Å². The van der Waals surface area contributed by atoms with Gasteiger partial charge in [0, 0.05) is 15.8 Å². The van der Waals surface area contributed by atoms with Crippen LogP contribution in [0.2, 0.25) is 0 Å². The first-order chi connectivity index (χ1) is 28.7. The zero-order valence-corrected chi connectivity index (χ0v) is 34.2. The van der Waals surface area contributed by atoms with Crippen molar-refractivity contribution in [3.8, 4) is 5.75 Å². The van der Waals surface area contributed by atoms with Gasteiger partial charge in [-0.1, -0.05) is 33.8 Å². The Morgan fingerprint density at radius 3 is 1.93 bits per heavy atom. The first-order valence-electron chi connectivity index (χ1n) is 17.3. The van der Waals surface area contributed by atoms with Gasteiger partial charge < -0.3 is 10.4 Å². The number of carbonyl (C=O) groups excluding carboxylic acids is 1. The molecule has 0 heterocycles. The van der Waals surface area contributed by atoms with Crippen LogP contribution in [0.15, 0.2) is 142 Å². The average molecular weight is 872 g/mol. The third-order valence-corrected chi connectivity index (χ3v) is 10.7. The first kappa shape index (κ1) is 43.6. The second-order valence-corrected chi connectivity index (χ2v) is 15.8. The average Bonchev–Trinajstić information content (AvgIpc) is 3.22. The molecule has 0 aliphatic rings. The topological polar surface area (TPSA) is 255 Å². The number of aryl methyl sites for hydroxylation is 4. The highest BCUT2D eigenvalue weighted by Crippen LogP contribution is 2.44. The quantitative estimate of drug-likeness (QED) is 0.0212. The van der Waals surface area contributed by atoms with E-state index in [0.29, 0.717) is 62.8 Å². The number of carbonyl (C=O) groups is 1. The molecule has 0 unspecified atom stereocenters. The summed E-state index contributed by atoms with van der Waals surface area (Å²) < 4.78 is 42.5. The van der Waals surface area contributed by atoms with Gasteiger partial charge in [0.15, 0.2) is 5.75 Å². The molecule has 6 aromatic carbocycles. The maximum absolute atomic E-state index is 12.9. The molecule has 0 aromatic heterocycles. The van der Waals surface area contributed by atoms with E-state index in [1.165, 1.54) is 24.3 Å². The van der Waals surface area contributed by atoms with Gasteiger partial charge in [0.1, 0.15) is 10.6 Å². The van der Waals surface area contributed by atoms with Crippen LogP contribution in [0.4, 0.5) is 39.8 Å². The monoisotopic (exact) mass is 871 g/mol. The summed E-state index contributed by atoms with van der Waals surface area (Å²) in [5, 5.41) is 65.3. The van der Waals surface area contributed by atoms with Gasteiger partial charge in [-0.05, 0) is 129 Å². The van der Waals surface area contributed by atoms with Gasteiger partial charge in [-0.25, -0.2) is 10.5 Å². The van der Waals surface area contributed by atoms with Gasteiger partial charge in [0.2, 0.25) is 0 Å². The molecule has 6 aromatic rings. The van der Waals surface area contributed by atoms with Crippen molar-refractivity contribution in [2.75, 3.05) is 5.32 Å². The predicted octanol–water partition coefficient (Wildman–Crippen LogP) is 12.4. The van der Waals surface area contributed by atoms with Gasteiger partial charge in [0.25, 0.3) is 16.0 Å². The van der Waals surface area contributed by atoms with E-state index in [1.54, 1.807) is 42.5 Å². The van der Waals surface area contributed by atoms with Gasteiger partial charge in [-0.15, -0.1) is 13.8 Å². The van der Waals surface area contributed by atoms with Gasteiger partial charge in [0.05, 0.1) is 63.1 Å². The van der Waals surface area contributed by atoms with Crippen LogP contribution < -0.4 is 5.32 Å². The highest BCUT2D eigenvalue weighted by Gasteiger charge is 2.20. The summed E-state index contributed by atoms with van der Waals surface area (Å²) in [5.74, 6) is -0.765. The van der Waals surface area contributed by atoms with Crippen LogP contribution in [0.1, 0.15) is 32.6 Å². The molecule has 0 saturated carbocycles. The number of nitrogens with one attached hydrogen (secondary N) is 1. The second kappa shape index (κ2) is 19.4. The molecule has 0 aliphatic carbocycles. The van der Waals surface area contributed by atoms with E-state index in [-0.39, 0.29) is 27.6 Å². The smallest absolute Gasteiger partial charge is 0.296 e. The number of hydrogen-bond donors (Lipinski definition) is 5. The minimum Gasteiger partial charge on any atom is -0.505 e. The largest absolute Gasteiger partial charge is 0.505 e. The van der Waals surface area contributed by atoms with Crippen molar-refractivity contribution in [1.82, 2.24) is 0 Å². The van der Waals surface area contributed by atoms with Crippen molar-refractivity contribution in [2.24, 2.45) is 30.7 Å². The molecule has 1 amide bonds. The number of phenolic OH excluding ortho intramolecular Hbond substituents is 1. The summed E-state index contributed by atoms with van der Waals surface area (Å²) in [6.45, 7) is 7.50. The van der Waals surface area contributed by atoms with E-state index in [1.807, 2.05) is 52.0 Å². The minimum absolute atomic E-state index is 0.108. The van der Waals surface area contributed by atoms with Crippen molar-refractivity contribution in [3.63, 3.8) is 0 Å². The van der Waals surface area contributed by atoms with Gasteiger partial charge in [-0.2, -0.15) is 34.0 Å². The molecule has 0 saturated heterocycles. The molecule has 18 nitrogen and oxygen atoms in total. The van der Waals surface area contributed by atoms with Crippen molar-refractivity contribution < 1.29 is 52.1 Å². The maximum Gasteiger partial charge on any atom is 0.296 e. The molecular formula is C39H33N7O11S3. The Morgan fingerprint density at radius 2 is 1.27 bits per heavy atom. The van der Waals surface area contributed by atoms with E-state index >= 15 is 0 Å². The molecule has 0 atom stereocenters. The number of aromatic hydroxyl groups is 1. The molecule has 21 heteroatoms. The molecule has 0 aliphatic heterocycles. The van der Waals surface area contributed by atoms with Crippen molar-refractivity contribution in [2.45, 2.75) is 42.4 Å². The van der Waals surface area contributed by atoms with Crippen molar-refractivity contribution in [3.05, 3.63) is 125 Å². The third-order valence-electron chi connectivity index (χ3n) is 8.63. The number of amides is 1. The van der Waals surface area contributed by atoms with Gasteiger partial charge >= 0.3 is 0 Å². The highest BCUT2D eigenvalue weighted by molar-refractivity contribution is 7.95. The van der Waals surface area contributed by atoms with Crippen LogP contribution >= 0.6 is 24.1 Å². The molecule has 0 bridgehead atoms. The SMILES string of the molecule is Cc1ccc2c(O)c(N=Nc3ccc(N=Nc4cc(C)c(N=Nc5ccc(C(=O)Nc6ccc(SOOO)cc6S(=O)(=O)O)cc5)cc4C)c(C)c3)c(SOOO)cc2c1. The zero-order valence-electron chi connectivity index (χ0n) is 31.8. The van der Waals surface area contributed by atoms with Crippen molar-refractivity contribution in [1.29, 1.82) is 0 Å². The van der Waals surface area contributed by atoms with Crippen LogP contribution in [-0.4, -0.2) is 34.5 Å². The Morgan fingerprint density at radius 1 is 0.650 bits per heavy atom. The highest BCUT2D eigenvalue weighted by atomic mass is 32.2. The van der Waals surface area contributed by atoms with E-state index in [0.717, 1.165) is 33.7 Å². The minimum atomic E-state index is -4.75. The lowest BCUT2D eigenvalue weighted by atomic mass is 10.1. The Balaban J connectivity index is 1.12. The number of nitrogens with zero attached hydrogens (tertiary/aromatic N) is 6. The van der Waals surface area contributed by atoms with Crippen LogP contribution in [0, 0.1) is 27.7 Å². The van der Waals surface area contributed by atoms with Crippen LogP contribution in [0.3, 0.4) is 0 Å². The lowest BCUT2D eigenvalue weighted by Crippen LogP contribution is -2.14. The fraction of sp³-hybridized carbons (Fsp3) is 0.103. The van der Waals surface area contributed by atoms with Crippen LogP contribution in [0.25, 0.3) is 10.8 Å². The fourth-order valence-corrected chi connectivity index (χ4v) is 7.27. The summed E-state index contributed by atoms with van der Waals surface area (Å²) in [7, 11) is -4.75. The number of fused-ring (bicyclic) bond motifs is 1. The molecule has 0 spiro atoms. The normalized spacial score (nSPS) is 12.1. The number of phenols is 1. The maximum atomic E-state index is 12.9. The standard InChI is InChI=1S/C39H33N7O11S3/c1-21-5-12-30-26(15-21)19-35(59-57-55-50)37(38(30)47)46-42-28-10-13-31(22(2)16-28)43-45-34-18-23(3)33(17-24(34)4)44-41-27-8-6-25(7-9-27)39(48)40-32-14-11-29(58-56-54-49)20-36(32)60(51,52)53/h5-20,47,49-50H,1-4H3,(H,40,48)(H,51,52,53). The first-order valence-corrected chi connectivity index (χ1v) is 20.2. The zero-order chi connectivity index (χ0) is 43.0. The van der Waals surface area contributed by atoms with E-state index in [9.17, 15) is 22.9 Å². The Labute approximate surface area is 350 Å². The Kier molecular flexibility index (Phi) is 14.1. The summed E-state index contributed by atoms with van der Waals surface area (Å²) in [6, 6.07) is 25.9. The second-order valence-electron chi connectivity index (χ2n) is 12.9.